The summed E-state index contributed by atoms with van der Waals surface area (Å²) in [5, 5.41) is 0. The normalized spacial score (nSPS) is 16.5. The molecule has 0 bridgehead atoms. The van der Waals surface area contributed by atoms with Crippen LogP contribution in [0.5, 0.6) is 0 Å². The van der Waals surface area contributed by atoms with Crippen molar-refractivity contribution in [1.82, 2.24) is 4.98 Å². The molecule has 1 saturated carbocycles. The molecule has 2 heteroatoms. The van der Waals surface area contributed by atoms with E-state index in [1.54, 1.807) is 0 Å². The molecule has 1 aliphatic carbocycles. The predicted octanol–water partition coefficient (Wildman–Crippen LogP) is 1.88. The van der Waals surface area contributed by atoms with Crippen LogP contribution in [0.2, 0.25) is 0 Å². The van der Waals surface area contributed by atoms with Crippen LogP contribution in [0.4, 0.5) is 0 Å². The van der Waals surface area contributed by atoms with Gasteiger partial charge in [0.05, 0.1) is 0 Å². The van der Waals surface area contributed by atoms with Gasteiger partial charge in [0, 0.05) is 6.20 Å². The first-order chi connectivity index (χ1) is 6.20. The summed E-state index contributed by atoms with van der Waals surface area (Å²) in [5.41, 5.74) is 3.45. The van der Waals surface area contributed by atoms with Gasteiger partial charge in [0.15, 0.2) is 0 Å². The van der Waals surface area contributed by atoms with Crippen LogP contribution in [0, 0.1) is 0 Å². The number of pyridine rings is 1. The average molecular weight is 171 g/mol. The van der Waals surface area contributed by atoms with Crippen molar-refractivity contribution in [2.75, 3.05) is 0 Å². The number of nitrogens with zero attached hydrogens (tertiary/aromatic N) is 1. The maximum absolute atomic E-state index is 5.89. The van der Waals surface area contributed by atoms with Gasteiger partial charge in [-0.15, -0.1) is 0 Å². The minimum absolute atomic E-state index is 0.556. The maximum atomic E-state index is 5.89. The topological polar surface area (TPSA) is 12.9 Å². The third-order valence-electron chi connectivity index (χ3n) is 2.66. The molecule has 0 N–H and O–H groups in total. The summed E-state index contributed by atoms with van der Waals surface area (Å²) in [6.45, 7) is 4.42. The molecule has 0 atom stereocenters. The Morgan fingerprint density at radius 2 is 2.15 bits per heavy atom. The van der Waals surface area contributed by atoms with E-state index in [1.165, 1.54) is 24.0 Å². The molecule has 66 valence electrons. The molecule has 2 rings (SSSR count). The molecule has 1 aliphatic rings. The van der Waals surface area contributed by atoms with Crippen molar-refractivity contribution in [3.63, 3.8) is 0 Å². The molecule has 1 nitrogen and oxygen atoms in total. The molecule has 1 aromatic rings. The second-order valence-electron chi connectivity index (χ2n) is 4.13. The molecule has 2 radical (unpaired) electrons. The van der Waals surface area contributed by atoms with Crippen LogP contribution in [-0.4, -0.2) is 12.8 Å². The molecule has 0 aliphatic heterocycles. The van der Waals surface area contributed by atoms with Gasteiger partial charge in [0.2, 0.25) is 0 Å². The Morgan fingerprint density at radius 1 is 1.46 bits per heavy atom. The Balaban J connectivity index is 2.47. The van der Waals surface area contributed by atoms with Gasteiger partial charge in [-0.25, -0.2) is 0 Å². The quantitative estimate of drug-likeness (QED) is 0.619. The summed E-state index contributed by atoms with van der Waals surface area (Å²) >= 11 is 0. The van der Waals surface area contributed by atoms with Crippen LogP contribution in [0.3, 0.4) is 0 Å². The highest BCUT2D eigenvalue weighted by Crippen LogP contribution is 2.41. The molecule has 1 aromatic heterocycles. The Kier molecular flexibility index (Phi) is 2.14. The number of hydrogen-bond acceptors (Lipinski definition) is 1. The molecule has 0 saturated heterocycles. The Bertz CT molecular complexity index is 316. The molecule has 0 aromatic carbocycles. The van der Waals surface area contributed by atoms with E-state index in [0.29, 0.717) is 11.8 Å². The Hall–Kier alpha value is -0.785. The van der Waals surface area contributed by atoms with Crippen molar-refractivity contribution in [2.45, 2.75) is 38.5 Å². The fourth-order valence-electron chi connectivity index (χ4n) is 1.83. The first-order valence-electron chi connectivity index (χ1n) is 4.94. The smallest absolute Gasteiger partial charge is 0.142 e. The van der Waals surface area contributed by atoms with Crippen LogP contribution in [0.25, 0.3) is 0 Å². The molecular formula is C11H14BN. The molecule has 13 heavy (non-hydrogen) atoms. The van der Waals surface area contributed by atoms with E-state index >= 15 is 0 Å². The van der Waals surface area contributed by atoms with Crippen molar-refractivity contribution in [1.29, 1.82) is 0 Å². The van der Waals surface area contributed by atoms with Gasteiger partial charge in [0.1, 0.15) is 7.85 Å². The van der Waals surface area contributed by atoms with Gasteiger partial charge < -0.3 is 0 Å². The first kappa shape index (κ1) is 8.80. The lowest BCUT2D eigenvalue weighted by molar-refractivity contribution is 0.840. The van der Waals surface area contributed by atoms with Gasteiger partial charge in [-0.1, -0.05) is 13.8 Å². The monoisotopic (exact) mass is 171 g/mol. The van der Waals surface area contributed by atoms with Gasteiger partial charge in [-0.05, 0) is 47.5 Å². The Labute approximate surface area is 81.0 Å². The second kappa shape index (κ2) is 3.17. The van der Waals surface area contributed by atoms with Crippen LogP contribution in [-0.2, 0) is 0 Å². The SMILES string of the molecule is [B]c1nccc(C(C)C)c1C1CC1. The summed E-state index contributed by atoms with van der Waals surface area (Å²) < 4.78 is 0. The highest BCUT2D eigenvalue weighted by molar-refractivity contribution is 6.31. The zero-order chi connectivity index (χ0) is 9.42. The molecular weight excluding hydrogens is 157 g/mol. The van der Waals surface area contributed by atoms with Crippen LogP contribution < -0.4 is 5.59 Å². The lowest BCUT2D eigenvalue weighted by Crippen LogP contribution is -2.17. The standard InChI is InChI=1S/C11H14BN/c1-7(2)9-5-6-13-11(12)10(9)8-3-4-8/h5-8H,3-4H2,1-2H3. The van der Waals surface area contributed by atoms with E-state index in [4.69, 9.17) is 7.85 Å². The third-order valence-corrected chi connectivity index (χ3v) is 2.66. The second-order valence-corrected chi connectivity index (χ2v) is 4.13. The zero-order valence-corrected chi connectivity index (χ0v) is 8.25. The van der Waals surface area contributed by atoms with E-state index in [2.05, 4.69) is 24.9 Å². The molecule has 0 spiro atoms. The number of aromatic nitrogens is 1. The van der Waals surface area contributed by atoms with Gasteiger partial charge >= 0.3 is 0 Å². The minimum Gasteiger partial charge on any atom is -0.273 e. The van der Waals surface area contributed by atoms with Gasteiger partial charge in [-0.3, -0.25) is 4.98 Å². The van der Waals surface area contributed by atoms with Crippen molar-refractivity contribution in [3.8, 4) is 0 Å². The Morgan fingerprint density at radius 3 is 2.69 bits per heavy atom. The summed E-state index contributed by atoms with van der Waals surface area (Å²) in [6, 6.07) is 2.11. The maximum Gasteiger partial charge on any atom is 0.142 e. The van der Waals surface area contributed by atoms with E-state index in [0.717, 1.165) is 5.59 Å². The van der Waals surface area contributed by atoms with Crippen molar-refractivity contribution >= 4 is 13.4 Å². The van der Waals surface area contributed by atoms with Crippen molar-refractivity contribution in [3.05, 3.63) is 23.4 Å². The number of rotatable bonds is 2. The molecule has 0 unspecified atom stereocenters. The lowest BCUT2D eigenvalue weighted by Gasteiger charge is -2.14. The van der Waals surface area contributed by atoms with Crippen LogP contribution in [0.15, 0.2) is 12.3 Å². The number of hydrogen-bond donors (Lipinski definition) is 0. The average Bonchev–Trinajstić information content (AvgIpc) is 2.86. The lowest BCUT2D eigenvalue weighted by atomic mass is 9.87. The summed E-state index contributed by atoms with van der Waals surface area (Å²) in [7, 11) is 5.89. The zero-order valence-electron chi connectivity index (χ0n) is 8.25. The molecule has 1 fully saturated rings. The predicted molar refractivity (Wildman–Crippen MR) is 55.7 cm³/mol. The summed E-state index contributed by atoms with van der Waals surface area (Å²) in [5.74, 6) is 1.26. The highest BCUT2D eigenvalue weighted by Gasteiger charge is 2.28. The van der Waals surface area contributed by atoms with E-state index in [9.17, 15) is 0 Å². The van der Waals surface area contributed by atoms with E-state index in [1.807, 2.05) is 6.20 Å². The van der Waals surface area contributed by atoms with Gasteiger partial charge in [-0.2, -0.15) is 0 Å². The summed E-state index contributed by atoms with van der Waals surface area (Å²) in [4.78, 5) is 4.16. The largest absolute Gasteiger partial charge is 0.273 e. The van der Waals surface area contributed by atoms with Crippen molar-refractivity contribution < 1.29 is 0 Å². The summed E-state index contributed by atoms with van der Waals surface area (Å²) in [6.07, 6.45) is 4.39. The fraction of sp³-hybridized carbons (Fsp3) is 0.545. The van der Waals surface area contributed by atoms with Gasteiger partial charge in [0.25, 0.3) is 0 Å². The molecule has 0 amide bonds. The van der Waals surface area contributed by atoms with E-state index < -0.39 is 0 Å². The fourth-order valence-corrected chi connectivity index (χ4v) is 1.83. The van der Waals surface area contributed by atoms with Crippen LogP contribution in [0.1, 0.15) is 49.7 Å². The first-order valence-corrected chi connectivity index (χ1v) is 4.94. The third kappa shape index (κ3) is 1.62. The highest BCUT2D eigenvalue weighted by atomic mass is 14.7. The van der Waals surface area contributed by atoms with Crippen molar-refractivity contribution in [2.24, 2.45) is 0 Å². The molecule has 1 heterocycles. The van der Waals surface area contributed by atoms with E-state index in [-0.39, 0.29) is 0 Å². The van der Waals surface area contributed by atoms with Crippen LogP contribution >= 0.6 is 0 Å². The minimum atomic E-state index is 0.556.